The molecule has 0 saturated carbocycles. The zero-order valence-electron chi connectivity index (χ0n) is 10.0. The molecule has 17 heavy (non-hydrogen) atoms. The van der Waals surface area contributed by atoms with Crippen LogP contribution >= 0.6 is 15.9 Å². The van der Waals surface area contributed by atoms with Gasteiger partial charge >= 0.3 is 0 Å². The van der Waals surface area contributed by atoms with Crippen molar-refractivity contribution in [3.05, 3.63) is 16.7 Å². The van der Waals surface area contributed by atoms with Gasteiger partial charge in [-0.15, -0.1) is 0 Å². The van der Waals surface area contributed by atoms with Crippen LogP contribution in [0.15, 0.2) is 16.7 Å². The van der Waals surface area contributed by atoms with Gasteiger partial charge in [0.05, 0.1) is 5.69 Å². The van der Waals surface area contributed by atoms with Gasteiger partial charge in [-0.25, -0.2) is 4.98 Å². The minimum atomic E-state index is 0.277. The van der Waals surface area contributed by atoms with E-state index in [0.29, 0.717) is 5.69 Å². The molecule has 0 amide bonds. The molecule has 1 saturated heterocycles. The Bertz CT molecular complexity index is 391. The van der Waals surface area contributed by atoms with E-state index in [9.17, 15) is 0 Å². The van der Waals surface area contributed by atoms with Crippen molar-refractivity contribution in [3.63, 3.8) is 0 Å². The molecule has 0 radical (unpaired) electrons. The van der Waals surface area contributed by atoms with Crippen molar-refractivity contribution in [2.75, 3.05) is 30.8 Å². The predicted molar refractivity (Wildman–Crippen MR) is 73.0 cm³/mol. The molecule has 0 aromatic carbocycles. The minimum absolute atomic E-state index is 0.277. The summed E-state index contributed by atoms with van der Waals surface area (Å²) < 4.78 is 6.28. The number of anilines is 2. The topological polar surface area (TPSA) is 60.2 Å². The third kappa shape index (κ3) is 3.33. The number of halogens is 1. The first kappa shape index (κ1) is 12.6. The van der Waals surface area contributed by atoms with Gasteiger partial charge in [0.25, 0.3) is 0 Å². The summed E-state index contributed by atoms with van der Waals surface area (Å²) in [5.74, 6) is 0.765. The van der Waals surface area contributed by atoms with Crippen molar-refractivity contribution in [2.24, 2.45) is 5.41 Å². The van der Waals surface area contributed by atoms with Crippen molar-refractivity contribution < 1.29 is 4.74 Å². The molecule has 1 aromatic rings. The van der Waals surface area contributed by atoms with E-state index >= 15 is 0 Å². The quantitative estimate of drug-likeness (QED) is 0.901. The van der Waals surface area contributed by atoms with Gasteiger partial charge < -0.3 is 15.8 Å². The summed E-state index contributed by atoms with van der Waals surface area (Å²) in [6.07, 6.45) is 3.91. The molecule has 3 N–H and O–H groups in total. The molecule has 0 aliphatic carbocycles. The summed E-state index contributed by atoms with van der Waals surface area (Å²) in [6.45, 7) is 4.86. The lowest BCUT2D eigenvalue weighted by molar-refractivity contribution is 0.0300. The Morgan fingerprint density at radius 1 is 1.53 bits per heavy atom. The van der Waals surface area contributed by atoms with E-state index in [1.807, 2.05) is 6.07 Å². The van der Waals surface area contributed by atoms with Gasteiger partial charge in [-0.2, -0.15) is 0 Å². The van der Waals surface area contributed by atoms with Crippen molar-refractivity contribution >= 4 is 27.4 Å². The molecule has 1 aliphatic heterocycles. The fourth-order valence-corrected chi connectivity index (χ4v) is 2.29. The largest absolute Gasteiger partial charge is 0.396 e. The molecule has 1 aliphatic rings. The standard InChI is InChI=1S/C12H18BrN3O/c1-12(2-4-17-5-3-12)8-16-11-10(14)6-9(13)7-15-11/h6-7H,2-5,8,14H2,1H3,(H,15,16). The van der Waals surface area contributed by atoms with E-state index in [1.54, 1.807) is 6.20 Å². The molecule has 2 rings (SSSR count). The number of hydrogen-bond donors (Lipinski definition) is 2. The Labute approximate surface area is 110 Å². The van der Waals surface area contributed by atoms with Crippen LogP contribution in [-0.2, 0) is 4.74 Å². The Morgan fingerprint density at radius 2 is 2.24 bits per heavy atom. The van der Waals surface area contributed by atoms with Crippen molar-refractivity contribution in [2.45, 2.75) is 19.8 Å². The van der Waals surface area contributed by atoms with Crippen LogP contribution in [0.5, 0.6) is 0 Å². The fourth-order valence-electron chi connectivity index (χ4n) is 1.94. The van der Waals surface area contributed by atoms with Gasteiger partial charge in [-0.3, -0.25) is 0 Å². The molecule has 0 spiro atoms. The highest BCUT2D eigenvalue weighted by molar-refractivity contribution is 9.10. The summed E-state index contributed by atoms with van der Waals surface area (Å²) in [6, 6.07) is 1.86. The third-order valence-corrected chi connectivity index (χ3v) is 3.70. The molecular weight excluding hydrogens is 282 g/mol. The molecule has 1 fully saturated rings. The second kappa shape index (κ2) is 5.23. The summed E-state index contributed by atoms with van der Waals surface area (Å²) >= 11 is 3.35. The van der Waals surface area contributed by atoms with E-state index in [-0.39, 0.29) is 5.41 Å². The SMILES string of the molecule is CC1(CNc2ncc(Br)cc2N)CCOCC1. The maximum absolute atomic E-state index is 5.90. The van der Waals surface area contributed by atoms with Gasteiger partial charge in [0.15, 0.2) is 0 Å². The number of nitrogens with zero attached hydrogens (tertiary/aromatic N) is 1. The molecule has 0 atom stereocenters. The van der Waals surface area contributed by atoms with Crippen LogP contribution in [0.1, 0.15) is 19.8 Å². The number of nitrogen functional groups attached to an aromatic ring is 1. The number of ether oxygens (including phenoxy) is 1. The number of rotatable bonds is 3. The van der Waals surface area contributed by atoms with Crippen LogP contribution < -0.4 is 11.1 Å². The number of nitrogens with one attached hydrogen (secondary N) is 1. The number of pyridine rings is 1. The van der Waals surface area contributed by atoms with Crippen molar-refractivity contribution in [1.82, 2.24) is 4.98 Å². The summed E-state index contributed by atoms with van der Waals surface area (Å²) in [5.41, 5.74) is 6.85. The highest BCUT2D eigenvalue weighted by Crippen LogP contribution is 2.30. The second-order valence-electron chi connectivity index (χ2n) is 4.87. The highest BCUT2D eigenvalue weighted by Gasteiger charge is 2.27. The van der Waals surface area contributed by atoms with Gasteiger partial charge in [0, 0.05) is 30.4 Å². The van der Waals surface area contributed by atoms with Crippen LogP contribution in [0, 0.1) is 5.41 Å². The van der Waals surface area contributed by atoms with Crippen LogP contribution in [0.4, 0.5) is 11.5 Å². The lowest BCUT2D eigenvalue weighted by Gasteiger charge is -2.33. The van der Waals surface area contributed by atoms with E-state index in [1.165, 1.54) is 0 Å². The Kier molecular flexibility index (Phi) is 3.89. The van der Waals surface area contributed by atoms with E-state index in [0.717, 1.165) is 42.9 Å². The van der Waals surface area contributed by atoms with E-state index in [2.05, 4.69) is 33.2 Å². The predicted octanol–water partition coefficient (Wildman–Crippen LogP) is 2.65. The Balaban J connectivity index is 1.97. The average Bonchev–Trinajstić information content (AvgIpc) is 2.29. The van der Waals surface area contributed by atoms with Crippen LogP contribution in [0.3, 0.4) is 0 Å². The van der Waals surface area contributed by atoms with E-state index in [4.69, 9.17) is 10.5 Å². The molecule has 94 valence electrons. The molecular formula is C12H18BrN3O. The molecule has 2 heterocycles. The van der Waals surface area contributed by atoms with E-state index < -0.39 is 0 Å². The lowest BCUT2D eigenvalue weighted by atomic mass is 9.82. The molecule has 0 unspecified atom stereocenters. The molecule has 1 aromatic heterocycles. The average molecular weight is 300 g/mol. The molecule has 4 nitrogen and oxygen atoms in total. The van der Waals surface area contributed by atoms with Crippen molar-refractivity contribution in [1.29, 1.82) is 0 Å². The normalized spacial score (nSPS) is 18.9. The fraction of sp³-hybridized carbons (Fsp3) is 0.583. The zero-order chi connectivity index (χ0) is 12.3. The van der Waals surface area contributed by atoms with Gasteiger partial charge in [0.2, 0.25) is 0 Å². The van der Waals surface area contributed by atoms with Gasteiger partial charge in [0.1, 0.15) is 5.82 Å². The number of aromatic nitrogens is 1. The Morgan fingerprint density at radius 3 is 2.88 bits per heavy atom. The molecule has 0 bridgehead atoms. The van der Waals surface area contributed by atoms with Gasteiger partial charge in [-0.1, -0.05) is 6.92 Å². The first-order valence-electron chi connectivity index (χ1n) is 5.82. The summed E-state index contributed by atoms with van der Waals surface area (Å²) in [5, 5.41) is 3.34. The third-order valence-electron chi connectivity index (χ3n) is 3.27. The van der Waals surface area contributed by atoms with Crippen molar-refractivity contribution in [3.8, 4) is 0 Å². The van der Waals surface area contributed by atoms with Crippen LogP contribution in [-0.4, -0.2) is 24.7 Å². The maximum atomic E-state index is 5.90. The smallest absolute Gasteiger partial charge is 0.149 e. The lowest BCUT2D eigenvalue weighted by Crippen LogP contribution is -2.33. The van der Waals surface area contributed by atoms with Crippen LogP contribution in [0.25, 0.3) is 0 Å². The maximum Gasteiger partial charge on any atom is 0.149 e. The first-order valence-corrected chi connectivity index (χ1v) is 6.61. The number of hydrogen-bond acceptors (Lipinski definition) is 4. The summed E-state index contributed by atoms with van der Waals surface area (Å²) in [7, 11) is 0. The minimum Gasteiger partial charge on any atom is -0.396 e. The van der Waals surface area contributed by atoms with Gasteiger partial charge in [-0.05, 0) is 40.3 Å². The number of nitrogens with two attached hydrogens (primary N) is 1. The first-order chi connectivity index (χ1) is 8.09. The monoisotopic (exact) mass is 299 g/mol. The highest BCUT2D eigenvalue weighted by atomic mass is 79.9. The Hall–Kier alpha value is -0.810. The molecule has 5 heteroatoms. The zero-order valence-corrected chi connectivity index (χ0v) is 11.6. The van der Waals surface area contributed by atoms with Crippen LogP contribution in [0.2, 0.25) is 0 Å². The second-order valence-corrected chi connectivity index (χ2v) is 5.78. The summed E-state index contributed by atoms with van der Waals surface area (Å²) in [4.78, 5) is 4.28.